The molecule has 1 N–H and O–H groups in total. The molecule has 1 aromatic carbocycles. The summed E-state index contributed by atoms with van der Waals surface area (Å²) in [6.07, 6.45) is 7.87. The fraction of sp³-hybridized carbons (Fsp3) is 0.417. The van der Waals surface area contributed by atoms with Crippen LogP contribution in [0.5, 0.6) is 0 Å². The fourth-order valence-corrected chi connectivity index (χ4v) is 5.19. The van der Waals surface area contributed by atoms with E-state index in [1.54, 1.807) is 0 Å². The van der Waals surface area contributed by atoms with Crippen molar-refractivity contribution in [2.45, 2.75) is 63.1 Å². The number of benzene rings is 1. The number of rotatable bonds is 3. The van der Waals surface area contributed by atoms with E-state index >= 15 is 0 Å². The largest absolute Gasteiger partial charge is 0.441 e. The highest BCUT2D eigenvalue weighted by Gasteiger charge is 2.51. The van der Waals surface area contributed by atoms with Gasteiger partial charge in [0.1, 0.15) is 5.60 Å². The molecule has 29 heavy (non-hydrogen) atoms. The number of H-pyrrole nitrogens is 1. The number of carbonyl (C=O) groups is 1. The Kier molecular flexibility index (Phi) is 4.34. The van der Waals surface area contributed by atoms with Crippen LogP contribution < -0.4 is 0 Å². The second-order valence-corrected chi connectivity index (χ2v) is 8.88. The summed E-state index contributed by atoms with van der Waals surface area (Å²) in [5.74, 6) is 0.494. The number of amides is 1. The van der Waals surface area contributed by atoms with Gasteiger partial charge in [-0.3, -0.25) is 9.88 Å². The molecule has 1 saturated carbocycles. The van der Waals surface area contributed by atoms with Gasteiger partial charge in [0.2, 0.25) is 0 Å². The molecular weight excluding hydrogens is 362 g/mol. The van der Waals surface area contributed by atoms with Crippen molar-refractivity contribution in [3.8, 4) is 0 Å². The van der Waals surface area contributed by atoms with Crippen LogP contribution in [0, 0.1) is 0 Å². The van der Waals surface area contributed by atoms with Crippen molar-refractivity contribution in [1.82, 2.24) is 14.9 Å². The molecule has 1 aliphatic carbocycles. The minimum atomic E-state index is -0.530. The highest BCUT2D eigenvalue weighted by atomic mass is 16.6. The van der Waals surface area contributed by atoms with Gasteiger partial charge in [-0.2, -0.15) is 0 Å². The van der Waals surface area contributed by atoms with Crippen LogP contribution in [0.4, 0.5) is 4.79 Å². The molecule has 0 radical (unpaired) electrons. The van der Waals surface area contributed by atoms with E-state index in [1.807, 2.05) is 55.4 Å². The molecule has 5 rings (SSSR count). The Morgan fingerprint density at radius 2 is 1.83 bits per heavy atom. The number of ether oxygens (including phenoxy) is 1. The number of cyclic esters (lactones) is 1. The predicted molar refractivity (Wildman–Crippen MR) is 113 cm³/mol. The van der Waals surface area contributed by atoms with Gasteiger partial charge in [0.05, 0.1) is 17.1 Å². The van der Waals surface area contributed by atoms with Crippen LogP contribution in [-0.2, 0) is 4.74 Å². The molecule has 1 saturated heterocycles. The number of aromatic nitrogens is 2. The lowest BCUT2D eigenvalue weighted by Gasteiger charge is -2.38. The van der Waals surface area contributed by atoms with E-state index in [1.165, 1.54) is 5.56 Å². The van der Waals surface area contributed by atoms with E-state index in [2.05, 4.69) is 28.2 Å². The normalized spacial score (nSPS) is 26.6. The number of hydrogen-bond donors (Lipinski definition) is 1. The van der Waals surface area contributed by atoms with Crippen LogP contribution in [0.25, 0.3) is 11.0 Å². The number of nitrogens with zero attached hydrogens (tertiary/aromatic N) is 2. The van der Waals surface area contributed by atoms with Gasteiger partial charge in [0, 0.05) is 18.4 Å². The first-order valence-corrected chi connectivity index (χ1v) is 10.5. The van der Waals surface area contributed by atoms with Crippen molar-refractivity contribution in [2.75, 3.05) is 0 Å². The van der Waals surface area contributed by atoms with Gasteiger partial charge in [-0.1, -0.05) is 30.3 Å². The van der Waals surface area contributed by atoms with E-state index in [0.29, 0.717) is 5.92 Å². The molecule has 0 spiro atoms. The maximum absolute atomic E-state index is 12.8. The first kappa shape index (κ1) is 18.2. The summed E-state index contributed by atoms with van der Waals surface area (Å²) in [7, 11) is 0. The molecule has 0 bridgehead atoms. The van der Waals surface area contributed by atoms with Crippen molar-refractivity contribution in [1.29, 1.82) is 0 Å². The maximum Gasteiger partial charge on any atom is 0.411 e. The summed E-state index contributed by atoms with van der Waals surface area (Å²) >= 11 is 0. The number of fused-ring (bicyclic) bond motifs is 1. The number of pyridine rings is 1. The molecule has 1 aliphatic heterocycles. The molecule has 2 aromatic heterocycles. The van der Waals surface area contributed by atoms with Crippen LogP contribution in [0.1, 0.15) is 62.6 Å². The quantitative estimate of drug-likeness (QED) is 0.638. The Morgan fingerprint density at radius 3 is 2.59 bits per heavy atom. The zero-order valence-corrected chi connectivity index (χ0v) is 17.0. The number of nitrogens with one attached hydrogen (secondary N) is 1. The topological polar surface area (TPSA) is 58.2 Å². The number of hydrogen-bond acceptors (Lipinski definition) is 3. The van der Waals surface area contributed by atoms with Crippen molar-refractivity contribution in [3.05, 3.63) is 66.0 Å². The first-order valence-electron chi connectivity index (χ1n) is 10.5. The number of aromatic amines is 1. The van der Waals surface area contributed by atoms with Crippen LogP contribution in [0.2, 0.25) is 0 Å². The van der Waals surface area contributed by atoms with E-state index in [4.69, 9.17) is 4.74 Å². The molecule has 3 aromatic rings. The van der Waals surface area contributed by atoms with Crippen molar-refractivity contribution in [2.24, 2.45) is 0 Å². The second kappa shape index (κ2) is 6.90. The number of carbonyl (C=O) groups excluding carboxylic acids is 1. The molecular formula is C24H27N3O2. The summed E-state index contributed by atoms with van der Waals surface area (Å²) < 4.78 is 5.81. The third-order valence-corrected chi connectivity index (χ3v) is 6.59. The Balaban J connectivity index is 1.35. The molecule has 5 nitrogen and oxygen atoms in total. The molecule has 0 unspecified atom stereocenters. The lowest BCUT2D eigenvalue weighted by molar-refractivity contribution is 0.0664. The standard InChI is InChI=1S/C24H27N3O2/c1-24(2)22(17-6-4-3-5-7-17)27(23(28)29-24)19-10-8-16(9-11-19)18-14-21-20(26-15-18)12-13-25-21/h3-7,12-16,19,22,25H,8-11H2,1-2H3/t16-,19-,22-/m1/s1. The molecule has 150 valence electrons. The van der Waals surface area contributed by atoms with Crippen LogP contribution in [0.15, 0.2) is 54.9 Å². The Bertz CT molecular complexity index is 1020. The zero-order chi connectivity index (χ0) is 20.0. The van der Waals surface area contributed by atoms with Gasteiger partial charge in [-0.25, -0.2) is 4.79 Å². The monoisotopic (exact) mass is 389 g/mol. The summed E-state index contributed by atoms with van der Waals surface area (Å²) in [4.78, 5) is 22.7. The van der Waals surface area contributed by atoms with Gasteiger partial charge < -0.3 is 9.72 Å². The van der Waals surface area contributed by atoms with Gasteiger partial charge in [-0.15, -0.1) is 0 Å². The lowest BCUT2D eigenvalue weighted by atomic mass is 9.80. The molecule has 5 heteroatoms. The molecule has 1 atom stereocenters. The average Bonchev–Trinajstić information content (AvgIpc) is 3.29. The van der Waals surface area contributed by atoms with E-state index in [0.717, 1.165) is 42.3 Å². The first-order chi connectivity index (χ1) is 14.0. The van der Waals surface area contributed by atoms with Crippen LogP contribution in [0.3, 0.4) is 0 Å². The molecule has 2 aliphatic rings. The zero-order valence-electron chi connectivity index (χ0n) is 17.0. The second-order valence-electron chi connectivity index (χ2n) is 8.88. The highest BCUT2D eigenvalue weighted by Crippen LogP contribution is 2.46. The SMILES string of the molecule is CC1(C)OC(=O)N([C@H]2CC[C@H](c3cnc4cc[nH]c4c3)CC2)[C@@H]1c1ccccc1. The van der Waals surface area contributed by atoms with Gasteiger partial charge >= 0.3 is 6.09 Å². The van der Waals surface area contributed by atoms with E-state index in [-0.39, 0.29) is 18.2 Å². The fourth-order valence-electron chi connectivity index (χ4n) is 5.19. The van der Waals surface area contributed by atoms with Gasteiger partial charge in [-0.05, 0) is 68.7 Å². The third-order valence-electron chi connectivity index (χ3n) is 6.59. The maximum atomic E-state index is 12.8. The summed E-state index contributed by atoms with van der Waals surface area (Å²) in [5.41, 5.74) is 4.01. The van der Waals surface area contributed by atoms with Crippen LogP contribution in [-0.4, -0.2) is 32.6 Å². The summed E-state index contributed by atoms with van der Waals surface area (Å²) in [6.45, 7) is 4.04. The van der Waals surface area contributed by atoms with E-state index in [9.17, 15) is 4.79 Å². The van der Waals surface area contributed by atoms with E-state index < -0.39 is 5.60 Å². The van der Waals surface area contributed by atoms with Crippen molar-refractivity contribution in [3.63, 3.8) is 0 Å². The average molecular weight is 389 g/mol. The van der Waals surface area contributed by atoms with Crippen molar-refractivity contribution < 1.29 is 9.53 Å². The Morgan fingerprint density at radius 1 is 1.07 bits per heavy atom. The minimum absolute atomic E-state index is 0.0466. The van der Waals surface area contributed by atoms with Crippen molar-refractivity contribution >= 4 is 17.1 Å². The van der Waals surface area contributed by atoms with Gasteiger partial charge in [0.25, 0.3) is 0 Å². The van der Waals surface area contributed by atoms with Crippen LogP contribution >= 0.6 is 0 Å². The molecule has 2 fully saturated rings. The highest BCUT2D eigenvalue weighted by molar-refractivity contribution is 5.75. The Labute approximate surface area is 171 Å². The summed E-state index contributed by atoms with van der Waals surface area (Å²) in [6, 6.07) is 14.7. The Hall–Kier alpha value is -2.82. The lowest BCUT2D eigenvalue weighted by Crippen LogP contribution is -2.42. The van der Waals surface area contributed by atoms with Gasteiger partial charge in [0.15, 0.2) is 0 Å². The predicted octanol–water partition coefficient (Wildman–Crippen LogP) is 5.56. The smallest absolute Gasteiger partial charge is 0.411 e. The summed E-state index contributed by atoms with van der Waals surface area (Å²) in [5, 5.41) is 0. The third kappa shape index (κ3) is 3.18. The molecule has 1 amide bonds. The molecule has 3 heterocycles. The minimum Gasteiger partial charge on any atom is -0.441 e.